The van der Waals surface area contributed by atoms with Crippen LogP contribution < -0.4 is 5.73 Å². The number of nitrogens with two attached hydrogens (primary N) is 1. The summed E-state index contributed by atoms with van der Waals surface area (Å²) in [6.07, 6.45) is 1.26. The van der Waals surface area contributed by atoms with Gasteiger partial charge in [-0.25, -0.2) is 4.85 Å². The van der Waals surface area contributed by atoms with Crippen molar-refractivity contribution in [1.29, 1.82) is 0 Å². The molecule has 0 atom stereocenters. The summed E-state index contributed by atoms with van der Waals surface area (Å²) >= 11 is 0. The SMILES string of the molecule is [C-]#[N+]/C=C(\CN)OC. The molecule has 0 unspecified atom stereocenters. The molecule has 0 radical (unpaired) electrons. The molecular weight excluding hydrogens is 104 g/mol. The molecule has 0 spiro atoms. The van der Waals surface area contributed by atoms with Crippen molar-refractivity contribution in [2.45, 2.75) is 0 Å². The van der Waals surface area contributed by atoms with Crippen LogP contribution in [0.15, 0.2) is 12.0 Å². The van der Waals surface area contributed by atoms with Gasteiger partial charge in [0.1, 0.15) is 5.76 Å². The van der Waals surface area contributed by atoms with Gasteiger partial charge in [0, 0.05) is 6.54 Å². The number of methoxy groups -OCH3 is 1. The van der Waals surface area contributed by atoms with Crippen molar-refractivity contribution >= 4 is 0 Å². The van der Waals surface area contributed by atoms with E-state index >= 15 is 0 Å². The van der Waals surface area contributed by atoms with Crippen molar-refractivity contribution in [2.75, 3.05) is 13.7 Å². The zero-order valence-electron chi connectivity index (χ0n) is 4.72. The Morgan fingerprint density at radius 2 is 2.62 bits per heavy atom. The molecule has 0 aliphatic rings. The van der Waals surface area contributed by atoms with E-state index in [0.29, 0.717) is 12.3 Å². The van der Waals surface area contributed by atoms with Gasteiger partial charge < -0.3 is 10.5 Å². The Labute approximate surface area is 48.6 Å². The van der Waals surface area contributed by atoms with Gasteiger partial charge in [-0.2, -0.15) is 0 Å². The normalized spacial score (nSPS) is 10.4. The second-order valence-corrected chi connectivity index (χ2v) is 1.13. The standard InChI is InChI=1S/C5H8N2O/c1-7-4-5(3-6)8-2/h4H,3,6H2,2H3/b5-4+. The number of nitrogens with zero attached hydrogens (tertiary/aromatic N) is 1. The van der Waals surface area contributed by atoms with Crippen LogP contribution in [0.4, 0.5) is 0 Å². The molecule has 0 aromatic heterocycles. The van der Waals surface area contributed by atoms with Gasteiger partial charge in [-0.3, -0.25) is 0 Å². The molecule has 0 saturated heterocycles. The lowest BCUT2D eigenvalue weighted by molar-refractivity contribution is 0.287. The fourth-order valence-corrected chi connectivity index (χ4v) is 0.261. The molecule has 2 N–H and O–H groups in total. The maximum Gasteiger partial charge on any atom is 0.192 e. The van der Waals surface area contributed by atoms with Crippen LogP contribution >= 0.6 is 0 Å². The second kappa shape index (κ2) is 4.16. The first-order valence-corrected chi connectivity index (χ1v) is 2.14. The third kappa shape index (κ3) is 2.21. The summed E-state index contributed by atoms with van der Waals surface area (Å²) < 4.78 is 4.66. The largest absolute Gasteiger partial charge is 0.511 e. The molecule has 0 amide bonds. The summed E-state index contributed by atoms with van der Waals surface area (Å²) in [4.78, 5) is 2.96. The van der Waals surface area contributed by atoms with Gasteiger partial charge in [-0.05, 0) is 0 Å². The Morgan fingerprint density at radius 1 is 2.00 bits per heavy atom. The zero-order chi connectivity index (χ0) is 6.41. The van der Waals surface area contributed by atoms with Crippen LogP contribution in [0.2, 0.25) is 0 Å². The number of hydrogen-bond donors (Lipinski definition) is 1. The molecule has 0 saturated carbocycles. The average Bonchev–Trinajstić information content (AvgIpc) is 1.83. The summed E-state index contributed by atoms with van der Waals surface area (Å²) in [6.45, 7) is 6.64. The molecule has 0 rings (SSSR count). The molecule has 8 heavy (non-hydrogen) atoms. The van der Waals surface area contributed by atoms with Gasteiger partial charge in [0.15, 0.2) is 6.20 Å². The Morgan fingerprint density at radius 3 is 2.75 bits per heavy atom. The predicted octanol–water partition coefficient (Wildman–Crippen LogP) is 0.352. The van der Waals surface area contributed by atoms with Gasteiger partial charge in [0.25, 0.3) is 0 Å². The smallest absolute Gasteiger partial charge is 0.192 e. The van der Waals surface area contributed by atoms with E-state index < -0.39 is 0 Å². The van der Waals surface area contributed by atoms with Crippen LogP contribution in [0.1, 0.15) is 0 Å². The number of ether oxygens (including phenoxy) is 1. The Hall–Kier alpha value is -1.01. The molecule has 0 bridgehead atoms. The van der Waals surface area contributed by atoms with Crippen LogP contribution in [0, 0.1) is 6.57 Å². The second-order valence-electron chi connectivity index (χ2n) is 1.13. The number of rotatable bonds is 2. The summed E-state index contributed by atoms with van der Waals surface area (Å²) in [7, 11) is 1.49. The first-order valence-electron chi connectivity index (χ1n) is 2.14. The first kappa shape index (κ1) is 6.99. The van der Waals surface area contributed by atoms with Crippen LogP contribution in [0.5, 0.6) is 0 Å². The van der Waals surface area contributed by atoms with Crippen molar-refractivity contribution < 1.29 is 4.74 Å². The molecule has 0 aromatic rings. The molecular formula is C5H8N2O. The highest BCUT2D eigenvalue weighted by Crippen LogP contribution is 1.89. The number of hydrogen-bond acceptors (Lipinski definition) is 2. The van der Waals surface area contributed by atoms with Gasteiger partial charge in [0.2, 0.25) is 0 Å². The topological polar surface area (TPSA) is 39.6 Å². The summed E-state index contributed by atoms with van der Waals surface area (Å²) in [6, 6.07) is 0. The van der Waals surface area contributed by atoms with Crippen LogP contribution in [0.3, 0.4) is 0 Å². The molecule has 3 nitrogen and oxygen atoms in total. The monoisotopic (exact) mass is 112 g/mol. The fourth-order valence-electron chi connectivity index (χ4n) is 0.261. The predicted molar refractivity (Wildman–Crippen MR) is 30.7 cm³/mol. The Kier molecular flexibility index (Phi) is 3.63. The first-order chi connectivity index (χ1) is 3.85. The average molecular weight is 112 g/mol. The highest BCUT2D eigenvalue weighted by molar-refractivity contribution is 4.99. The van der Waals surface area contributed by atoms with Crippen molar-refractivity contribution in [3.8, 4) is 0 Å². The van der Waals surface area contributed by atoms with E-state index in [2.05, 4.69) is 9.58 Å². The van der Waals surface area contributed by atoms with Crippen LogP contribution in [-0.2, 0) is 4.74 Å². The van der Waals surface area contributed by atoms with Crippen molar-refractivity contribution in [3.05, 3.63) is 23.4 Å². The minimum Gasteiger partial charge on any atom is -0.511 e. The summed E-state index contributed by atoms with van der Waals surface area (Å²) in [5.41, 5.74) is 5.13. The van der Waals surface area contributed by atoms with E-state index in [1.807, 2.05) is 0 Å². The lowest BCUT2D eigenvalue weighted by Gasteiger charge is -1.97. The van der Waals surface area contributed by atoms with Crippen LogP contribution in [0.25, 0.3) is 4.85 Å². The van der Waals surface area contributed by atoms with E-state index in [9.17, 15) is 0 Å². The maximum atomic E-state index is 6.35. The van der Waals surface area contributed by atoms with Crippen LogP contribution in [-0.4, -0.2) is 13.7 Å². The molecule has 0 aliphatic carbocycles. The highest BCUT2D eigenvalue weighted by atomic mass is 16.5. The minimum absolute atomic E-state index is 0.291. The molecule has 0 aliphatic heterocycles. The highest BCUT2D eigenvalue weighted by Gasteiger charge is 1.85. The van der Waals surface area contributed by atoms with Crippen molar-refractivity contribution in [1.82, 2.24) is 0 Å². The summed E-state index contributed by atoms with van der Waals surface area (Å²) in [5, 5.41) is 0. The Bertz CT molecular complexity index is 117. The van der Waals surface area contributed by atoms with Crippen molar-refractivity contribution in [3.63, 3.8) is 0 Å². The lowest BCUT2D eigenvalue weighted by Crippen LogP contribution is -2.03. The van der Waals surface area contributed by atoms with Gasteiger partial charge in [-0.15, -0.1) is 0 Å². The molecule has 0 heterocycles. The third-order valence-electron chi connectivity index (χ3n) is 0.672. The molecule has 3 heteroatoms. The van der Waals surface area contributed by atoms with Gasteiger partial charge in [-0.1, -0.05) is 0 Å². The van der Waals surface area contributed by atoms with E-state index in [1.165, 1.54) is 13.3 Å². The minimum atomic E-state index is 0.291. The lowest BCUT2D eigenvalue weighted by atomic mass is 10.5. The Balaban J connectivity index is 3.72. The van der Waals surface area contributed by atoms with Gasteiger partial charge >= 0.3 is 0 Å². The zero-order valence-corrected chi connectivity index (χ0v) is 4.72. The van der Waals surface area contributed by atoms with E-state index in [0.717, 1.165) is 0 Å². The van der Waals surface area contributed by atoms with E-state index in [4.69, 9.17) is 12.3 Å². The third-order valence-corrected chi connectivity index (χ3v) is 0.672. The fraction of sp³-hybridized carbons (Fsp3) is 0.400. The van der Waals surface area contributed by atoms with E-state index in [-0.39, 0.29) is 0 Å². The quantitative estimate of drug-likeness (QED) is 0.413. The van der Waals surface area contributed by atoms with E-state index in [1.54, 1.807) is 0 Å². The summed E-state index contributed by atoms with van der Waals surface area (Å²) in [5.74, 6) is 0.514. The molecule has 44 valence electrons. The molecule has 0 fully saturated rings. The molecule has 0 aromatic carbocycles. The maximum absolute atomic E-state index is 6.35. The van der Waals surface area contributed by atoms with Crippen molar-refractivity contribution in [2.24, 2.45) is 5.73 Å². The van der Waals surface area contributed by atoms with Gasteiger partial charge in [0.05, 0.1) is 13.7 Å².